The van der Waals surface area contributed by atoms with Crippen LogP contribution >= 0.6 is 24.8 Å². The van der Waals surface area contributed by atoms with Crippen LogP contribution in [0.15, 0.2) is 0 Å². The summed E-state index contributed by atoms with van der Waals surface area (Å²) in [5.74, 6) is 0.440. The topological polar surface area (TPSA) is 58.8 Å². The molecule has 22 heavy (non-hydrogen) atoms. The molecular weight excluding hydrogens is 325 g/mol. The molecule has 2 atom stereocenters. The number of nitrogens with two attached hydrogens (primary N) is 1. The lowest BCUT2D eigenvalue weighted by atomic mass is 9.91. The molecule has 132 valence electrons. The van der Waals surface area contributed by atoms with Crippen molar-refractivity contribution in [3.8, 4) is 0 Å². The lowest BCUT2D eigenvalue weighted by molar-refractivity contribution is -0.133. The number of ether oxygens (including phenoxy) is 1. The van der Waals surface area contributed by atoms with Gasteiger partial charge in [0.05, 0.1) is 6.04 Å². The summed E-state index contributed by atoms with van der Waals surface area (Å²) < 4.78 is 5.35. The summed E-state index contributed by atoms with van der Waals surface area (Å²) in [4.78, 5) is 16.9. The summed E-state index contributed by atoms with van der Waals surface area (Å²) in [7, 11) is 0. The molecule has 0 aromatic rings. The molecule has 7 heteroatoms. The van der Waals surface area contributed by atoms with E-state index in [9.17, 15) is 4.79 Å². The summed E-state index contributed by atoms with van der Waals surface area (Å²) >= 11 is 0. The second-order valence-electron chi connectivity index (χ2n) is 5.92. The average Bonchev–Trinajstić information content (AvgIpc) is 2.97. The van der Waals surface area contributed by atoms with Crippen LogP contribution in [0.2, 0.25) is 0 Å². The largest absolute Gasteiger partial charge is 0.381 e. The van der Waals surface area contributed by atoms with Gasteiger partial charge in [-0.3, -0.25) is 9.69 Å². The third kappa shape index (κ3) is 5.24. The second-order valence-corrected chi connectivity index (χ2v) is 5.92. The molecule has 0 aromatic heterocycles. The van der Waals surface area contributed by atoms with Gasteiger partial charge in [-0.1, -0.05) is 13.8 Å². The number of likely N-dealkylation sites (N-methyl/N-ethyl adjacent to an activating group) is 1. The minimum atomic E-state index is -0.339. The highest BCUT2D eigenvalue weighted by Crippen LogP contribution is 2.22. The number of carbonyl (C=O) groups excluding carboxylic acids is 1. The molecule has 2 aliphatic rings. The number of halogens is 2. The van der Waals surface area contributed by atoms with Crippen LogP contribution < -0.4 is 5.73 Å². The van der Waals surface area contributed by atoms with Crippen LogP contribution in [-0.2, 0) is 9.53 Å². The van der Waals surface area contributed by atoms with Gasteiger partial charge in [0.2, 0.25) is 5.91 Å². The van der Waals surface area contributed by atoms with Crippen LogP contribution in [0.3, 0.4) is 0 Å². The molecule has 2 N–H and O–H groups in total. The summed E-state index contributed by atoms with van der Waals surface area (Å²) in [5, 5.41) is 0. The zero-order chi connectivity index (χ0) is 14.5. The van der Waals surface area contributed by atoms with Crippen molar-refractivity contribution in [2.24, 2.45) is 11.7 Å². The number of hydrogen-bond donors (Lipinski definition) is 1. The first-order chi connectivity index (χ1) is 9.67. The van der Waals surface area contributed by atoms with Gasteiger partial charge in [0.25, 0.3) is 0 Å². The fourth-order valence-electron chi connectivity index (χ4n) is 3.47. The summed E-state index contributed by atoms with van der Waals surface area (Å²) in [6, 6.07) is 0.171. The van der Waals surface area contributed by atoms with E-state index in [1.54, 1.807) is 0 Å². The number of rotatable bonds is 5. The van der Waals surface area contributed by atoms with E-state index in [-0.39, 0.29) is 36.8 Å². The first-order valence-corrected chi connectivity index (χ1v) is 8.03. The molecule has 1 amide bonds. The standard InChI is InChI=1S/C15H29N3O2.2ClH/c1-3-17(4-2)13-5-8-18(11-13)15(19)14(16)12-6-9-20-10-7-12;;/h12-14H,3-11,16H2,1-2H3;2*1H. The number of likely N-dealkylation sites (tertiary alicyclic amines) is 1. The lowest BCUT2D eigenvalue weighted by Crippen LogP contribution is -2.49. The van der Waals surface area contributed by atoms with E-state index in [0.717, 1.165) is 58.7 Å². The molecule has 2 saturated heterocycles. The Morgan fingerprint density at radius 3 is 2.36 bits per heavy atom. The van der Waals surface area contributed by atoms with Crippen molar-refractivity contribution in [3.63, 3.8) is 0 Å². The third-order valence-electron chi connectivity index (χ3n) is 4.86. The van der Waals surface area contributed by atoms with Gasteiger partial charge >= 0.3 is 0 Å². The second kappa shape index (κ2) is 10.7. The van der Waals surface area contributed by atoms with Gasteiger partial charge in [-0.25, -0.2) is 0 Å². The maximum Gasteiger partial charge on any atom is 0.239 e. The molecular formula is C15H31Cl2N3O2. The van der Waals surface area contributed by atoms with E-state index in [0.29, 0.717) is 12.0 Å². The molecule has 2 unspecified atom stereocenters. The zero-order valence-electron chi connectivity index (χ0n) is 13.7. The maximum absolute atomic E-state index is 12.5. The van der Waals surface area contributed by atoms with Crippen molar-refractivity contribution in [1.29, 1.82) is 0 Å². The number of nitrogens with zero attached hydrogens (tertiary/aromatic N) is 2. The molecule has 5 nitrogen and oxygen atoms in total. The van der Waals surface area contributed by atoms with E-state index in [4.69, 9.17) is 10.5 Å². The minimum Gasteiger partial charge on any atom is -0.381 e. The Bertz CT molecular complexity index is 324. The first-order valence-electron chi connectivity index (χ1n) is 8.03. The highest BCUT2D eigenvalue weighted by atomic mass is 35.5. The van der Waals surface area contributed by atoms with Crippen LogP contribution in [-0.4, -0.2) is 67.2 Å². The Labute approximate surface area is 146 Å². The summed E-state index contributed by atoms with van der Waals surface area (Å²) in [6.07, 6.45) is 2.91. The van der Waals surface area contributed by atoms with Crippen LogP contribution in [0.4, 0.5) is 0 Å². The average molecular weight is 356 g/mol. The molecule has 2 aliphatic heterocycles. The summed E-state index contributed by atoms with van der Waals surface area (Å²) in [6.45, 7) is 9.66. The van der Waals surface area contributed by atoms with Gasteiger partial charge in [0, 0.05) is 32.3 Å². The predicted molar refractivity (Wildman–Crippen MR) is 93.9 cm³/mol. The molecule has 2 rings (SSSR count). The monoisotopic (exact) mass is 355 g/mol. The van der Waals surface area contributed by atoms with Gasteiger partial charge in [0.15, 0.2) is 0 Å². The van der Waals surface area contributed by atoms with Gasteiger partial charge in [-0.2, -0.15) is 0 Å². The van der Waals surface area contributed by atoms with Crippen molar-refractivity contribution in [3.05, 3.63) is 0 Å². The van der Waals surface area contributed by atoms with Crippen LogP contribution in [0.5, 0.6) is 0 Å². The molecule has 2 fully saturated rings. The Morgan fingerprint density at radius 2 is 1.82 bits per heavy atom. The molecule has 0 saturated carbocycles. The normalized spacial score (nSPS) is 23.8. The molecule has 0 aromatic carbocycles. The van der Waals surface area contributed by atoms with E-state index >= 15 is 0 Å². The van der Waals surface area contributed by atoms with Gasteiger partial charge in [-0.15, -0.1) is 24.8 Å². The fraction of sp³-hybridized carbons (Fsp3) is 0.933. The zero-order valence-corrected chi connectivity index (χ0v) is 15.3. The van der Waals surface area contributed by atoms with Crippen LogP contribution in [0.25, 0.3) is 0 Å². The van der Waals surface area contributed by atoms with Crippen LogP contribution in [0.1, 0.15) is 33.1 Å². The molecule has 2 heterocycles. The first kappa shape index (κ1) is 21.9. The maximum atomic E-state index is 12.5. The smallest absolute Gasteiger partial charge is 0.239 e. The number of amides is 1. The van der Waals surface area contributed by atoms with E-state index in [1.165, 1.54) is 0 Å². The third-order valence-corrected chi connectivity index (χ3v) is 4.86. The van der Waals surface area contributed by atoms with E-state index < -0.39 is 0 Å². The van der Waals surface area contributed by atoms with Crippen molar-refractivity contribution in [2.75, 3.05) is 39.4 Å². The van der Waals surface area contributed by atoms with Gasteiger partial charge in [0.1, 0.15) is 0 Å². The van der Waals surface area contributed by atoms with Gasteiger partial charge < -0.3 is 15.4 Å². The van der Waals surface area contributed by atoms with Gasteiger partial charge in [-0.05, 0) is 38.3 Å². The SMILES string of the molecule is CCN(CC)C1CCN(C(=O)C(N)C2CCOCC2)C1.Cl.Cl. The molecule has 0 spiro atoms. The van der Waals surface area contributed by atoms with Crippen molar-refractivity contribution in [1.82, 2.24) is 9.80 Å². The Hall–Kier alpha value is -0.0700. The quantitative estimate of drug-likeness (QED) is 0.812. The molecule has 0 bridgehead atoms. The van der Waals surface area contributed by atoms with Crippen molar-refractivity contribution in [2.45, 2.75) is 45.2 Å². The number of hydrogen-bond acceptors (Lipinski definition) is 4. The number of carbonyl (C=O) groups is 1. The predicted octanol–water partition coefficient (Wildman–Crippen LogP) is 1.53. The Morgan fingerprint density at radius 1 is 1.23 bits per heavy atom. The van der Waals surface area contributed by atoms with E-state index in [1.807, 2.05) is 4.90 Å². The lowest BCUT2D eigenvalue weighted by Gasteiger charge is -2.30. The van der Waals surface area contributed by atoms with Crippen molar-refractivity contribution < 1.29 is 9.53 Å². The molecule has 0 radical (unpaired) electrons. The van der Waals surface area contributed by atoms with E-state index in [2.05, 4.69) is 18.7 Å². The minimum absolute atomic E-state index is 0. The summed E-state index contributed by atoms with van der Waals surface area (Å²) in [5.41, 5.74) is 6.20. The molecule has 0 aliphatic carbocycles. The fourth-order valence-corrected chi connectivity index (χ4v) is 3.47. The Balaban J connectivity index is 0.00000220. The van der Waals surface area contributed by atoms with Crippen LogP contribution in [0, 0.1) is 5.92 Å². The highest BCUT2D eigenvalue weighted by Gasteiger charge is 2.34. The van der Waals surface area contributed by atoms with Crippen molar-refractivity contribution >= 4 is 30.7 Å². The highest BCUT2D eigenvalue weighted by molar-refractivity contribution is 5.85. The Kier molecular flexibility index (Phi) is 10.6.